The van der Waals surface area contributed by atoms with E-state index in [1.807, 2.05) is 30.4 Å². The molecule has 23 heavy (non-hydrogen) atoms. The van der Waals surface area contributed by atoms with Crippen LogP contribution in [0.5, 0.6) is 0 Å². The fourth-order valence-electron chi connectivity index (χ4n) is 2.83. The molecule has 0 spiro atoms. The van der Waals surface area contributed by atoms with Crippen molar-refractivity contribution in [3.05, 3.63) is 12.7 Å². The largest absolute Gasteiger partial charge is 0.444 e. The van der Waals surface area contributed by atoms with E-state index in [-0.39, 0.29) is 6.09 Å². The Morgan fingerprint density at radius 1 is 1.39 bits per heavy atom. The lowest BCUT2D eigenvalue weighted by Crippen LogP contribution is -2.40. The summed E-state index contributed by atoms with van der Waals surface area (Å²) in [5.74, 6) is 0. The van der Waals surface area contributed by atoms with Gasteiger partial charge in [-0.25, -0.2) is 9.78 Å². The molecule has 2 rings (SSSR count). The fourth-order valence-corrected chi connectivity index (χ4v) is 2.83. The first-order valence-corrected chi connectivity index (χ1v) is 8.40. The van der Waals surface area contributed by atoms with Crippen LogP contribution in [-0.2, 0) is 11.3 Å². The van der Waals surface area contributed by atoms with E-state index < -0.39 is 5.60 Å². The number of hydrogen-bond donors (Lipinski definition) is 1. The second-order valence-corrected chi connectivity index (χ2v) is 7.28. The SMILES string of the molecule is C[C@H](Cn1cncn1)N[C@H]1CCCN(C(=O)OC(C)(C)C)CC1. The van der Waals surface area contributed by atoms with Crippen LogP contribution >= 0.6 is 0 Å². The molecule has 1 aromatic heterocycles. The van der Waals surface area contributed by atoms with E-state index in [0.717, 1.165) is 38.9 Å². The molecule has 0 aliphatic carbocycles. The lowest BCUT2D eigenvalue weighted by atomic mass is 10.1. The van der Waals surface area contributed by atoms with Gasteiger partial charge in [0.1, 0.15) is 18.3 Å². The molecule has 7 heteroatoms. The third kappa shape index (κ3) is 6.17. The van der Waals surface area contributed by atoms with Gasteiger partial charge in [-0.3, -0.25) is 4.68 Å². The minimum atomic E-state index is -0.437. The number of nitrogens with one attached hydrogen (secondary N) is 1. The van der Waals surface area contributed by atoms with Crippen molar-refractivity contribution in [1.82, 2.24) is 25.0 Å². The summed E-state index contributed by atoms with van der Waals surface area (Å²) in [6, 6.07) is 0.732. The van der Waals surface area contributed by atoms with Crippen LogP contribution in [0.4, 0.5) is 4.79 Å². The maximum Gasteiger partial charge on any atom is 0.410 e. The number of amides is 1. The molecule has 1 saturated heterocycles. The highest BCUT2D eigenvalue weighted by Crippen LogP contribution is 2.16. The minimum absolute atomic E-state index is 0.200. The molecule has 0 saturated carbocycles. The van der Waals surface area contributed by atoms with Crippen LogP contribution in [0.2, 0.25) is 0 Å². The average Bonchev–Trinajstić information content (AvgIpc) is 2.81. The van der Waals surface area contributed by atoms with Crippen molar-refractivity contribution in [3.8, 4) is 0 Å². The Hall–Kier alpha value is -1.63. The first-order chi connectivity index (χ1) is 10.8. The number of nitrogens with zero attached hydrogens (tertiary/aromatic N) is 4. The minimum Gasteiger partial charge on any atom is -0.444 e. The Balaban J connectivity index is 1.78. The standard InChI is InChI=1S/C16H29N5O2/c1-13(10-21-12-17-11-18-21)19-14-6-5-8-20(9-7-14)15(22)23-16(2,3)4/h11-14,19H,5-10H2,1-4H3/t13-,14+/m1/s1. The van der Waals surface area contributed by atoms with Gasteiger partial charge in [-0.1, -0.05) is 0 Å². The van der Waals surface area contributed by atoms with Crippen LogP contribution in [-0.4, -0.2) is 56.5 Å². The predicted octanol–water partition coefficient (Wildman–Crippen LogP) is 2.05. The maximum absolute atomic E-state index is 12.2. The molecule has 0 bridgehead atoms. The summed E-state index contributed by atoms with van der Waals surface area (Å²) < 4.78 is 7.30. The number of likely N-dealkylation sites (tertiary alicyclic amines) is 1. The normalized spacial score (nSPS) is 20.9. The quantitative estimate of drug-likeness (QED) is 0.918. The van der Waals surface area contributed by atoms with Crippen LogP contribution in [0, 0.1) is 0 Å². The van der Waals surface area contributed by atoms with Gasteiger partial charge in [0.2, 0.25) is 0 Å². The van der Waals surface area contributed by atoms with Gasteiger partial charge in [-0.15, -0.1) is 0 Å². The van der Waals surface area contributed by atoms with Crippen molar-refractivity contribution in [1.29, 1.82) is 0 Å². The third-order valence-corrected chi connectivity index (χ3v) is 3.83. The van der Waals surface area contributed by atoms with Crippen molar-refractivity contribution >= 4 is 6.09 Å². The second-order valence-electron chi connectivity index (χ2n) is 7.28. The Morgan fingerprint density at radius 3 is 2.83 bits per heavy atom. The van der Waals surface area contributed by atoms with Crippen LogP contribution < -0.4 is 5.32 Å². The van der Waals surface area contributed by atoms with Gasteiger partial charge < -0.3 is 15.0 Å². The molecule has 7 nitrogen and oxygen atoms in total. The molecule has 0 radical (unpaired) electrons. The van der Waals surface area contributed by atoms with Crippen molar-refractivity contribution in [2.45, 2.75) is 71.2 Å². The van der Waals surface area contributed by atoms with E-state index >= 15 is 0 Å². The van der Waals surface area contributed by atoms with E-state index in [1.165, 1.54) is 0 Å². The molecule has 2 atom stereocenters. The van der Waals surface area contributed by atoms with Crippen molar-refractivity contribution < 1.29 is 9.53 Å². The number of rotatable bonds is 4. The molecule has 0 aromatic carbocycles. The maximum atomic E-state index is 12.2. The predicted molar refractivity (Wildman–Crippen MR) is 88.1 cm³/mol. The van der Waals surface area contributed by atoms with Gasteiger partial charge in [0.05, 0.1) is 6.54 Å². The summed E-state index contributed by atoms with van der Waals surface area (Å²) in [4.78, 5) is 18.0. The topological polar surface area (TPSA) is 72.3 Å². The monoisotopic (exact) mass is 323 g/mol. The molecule has 2 heterocycles. The molecule has 0 unspecified atom stereocenters. The first-order valence-electron chi connectivity index (χ1n) is 8.40. The molecule has 1 aromatic rings. The number of carbonyl (C=O) groups excluding carboxylic acids is 1. The van der Waals surface area contributed by atoms with E-state index in [0.29, 0.717) is 12.1 Å². The van der Waals surface area contributed by atoms with E-state index in [1.54, 1.807) is 12.7 Å². The first kappa shape index (κ1) is 17.7. The van der Waals surface area contributed by atoms with E-state index in [4.69, 9.17) is 4.74 Å². The Bertz CT molecular complexity index is 483. The molecular weight excluding hydrogens is 294 g/mol. The molecule has 130 valence electrons. The van der Waals surface area contributed by atoms with Gasteiger partial charge in [-0.2, -0.15) is 5.10 Å². The molecular formula is C16H29N5O2. The highest BCUT2D eigenvalue weighted by Gasteiger charge is 2.25. The van der Waals surface area contributed by atoms with Crippen LogP contribution in [0.3, 0.4) is 0 Å². The van der Waals surface area contributed by atoms with E-state index in [2.05, 4.69) is 22.3 Å². The molecule has 1 fully saturated rings. The number of aromatic nitrogens is 3. The number of carbonyl (C=O) groups is 1. The van der Waals surface area contributed by atoms with Gasteiger partial charge in [0, 0.05) is 25.2 Å². The number of hydrogen-bond acceptors (Lipinski definition) is 5. The summed E-state index contributed by atoms with van der Waals surface area (Å²) in [6.07, 6.45) is 6.09. The van der Waals surface area contributed by atoms with Crippen LogP contribution in [0.15, 0.2) is 12.7 Å². The van der Waals surface area contributed by atoms with Crippen LogP contribution in [0.1, 0.15) is 47.0 Å². The Labute approximate surface area is 138 Å². The Kier molecular flexibility index (Phi) is 5.98. The highest BCUT2D eigenvalue weighted by molar-refractivity contribution is 5.68. The second kappa shape index (κ2) is 7.77. The summed E-state index contributed by atoms with van der Waals surface area (Å²) in [5, 5.41) is 7.77. The van der Waals surface area contributed by atoms with Gasteiger partial charge in [0.15, 0.2) is 0 Å². The summed E-state index contributed by atoms with van der Waals surface area (Å²) >= 11 is 0. The lowest BCUT2D eigenvalue weighted by Gasteiger charge is -2.26. The van der Waals surface area contributed by atoms with Gasteiger partial charge in [-0.05, 0) is 47.0 Å². The highest BCUT2D eigenvalue weighted by atomic mass is 16.6. The summed E-state index contributed by atoms with van der Waals surface area (Å²) in [7, 11) is 0. The lowest BCUT2D eigenvalue weighted by molar-refractivity contribution is 0.0256. The number of ether oxygens (including phenoxy) is 1. The van der Waals surface area contributed by atoms with Crippen molar-refractivity contribution in [2.75, 3.05) is 13.1 Å². The molecule has 1 N–H and O–H groups in total. The summed E-state index contributed by atoms with van der Waals surface area (Å²) in [6.45, 7) is 10.2. The molecule has 1 aliphatic rings. The third-order valence-electron chi connectivity index (χ3n) is 3.83. The molecule has 1 amide bonds. The van der Waals surface area contributed by atoms with Crippen molar-refractivity contribution in [2.24, 2.45) is 0 Å². The average molecular weight is 323 g/mol. The zero-order valence-electron chi connectivity index (χ0n) is 14.7. The summed E-state index contributed by atoms with van der Waals surface area (Å²) in [5.41, 5.74) is -0.437. The van der Waals surface area contributed by atoms with E-state index in [9.17, 15) is 4.79 Å². The fraction of sp³-hybridized carbons (Fsp3) is 0.812. The molecule has 1 aliphatic heterocycles. The zero-order chi connectivity index (χ0) is 16.9. The van der Waals surface area contributed by atoms with Crippen molar-refractivity contribution in [3.63, 3.8) is 0 Å². The Morgan fingerprint density at radius 2 is 2.17 bits per heavy atom. The smallest absolute Gasteiger partial charge is 0.410 e. The van der Waals surface area contributed by atoms with Gasteiger partial charge >= 0.3 is 6.09 Å². The zero-order valence-corrected chi connectivity index (χ0v) is 14.7. The van der Waals surface area contributed by atoms with Gasteiger partial charge in [0.25, 0.3) is 0 Å². The van der Waals surface area contributed by atoms with Crippen LogP contribution in [0.25, 0.3) is 0 Å².